The fraction of sp³-hybridized carbons (Fsp3) is 0.700. The monoisotopic (exact) mass is 216 g/mol. The van der Waals surface area contributed by atoms with E-state index in [1.807, 2.05) is 6.92 Å². The number of unbranched alkanes of at least 4 members (excludes halogenated alkanes) is 1. The van der Waals surface area contributed by atoms with Crippen LogP contribution in [0.25, 0.3) is 0 Å². The highest BCUT2D eigenvalue weighted by atomic mass is 16.4. The lowest BCUT2D eigenvalue weighted by molar-refractivity contribution is -0.307. The number of Topliss-reactive ketones (excluding diaryl/α,β-unsaturated/α-hetero) is 1. The number of carbonyl (C=O) groups excluding carboxylic acids is 3. The highest BCUT2D eigenvalue weighted by molar-refractivity contribution is 5.79. The molecule has 0 aromatic rings. The Bertz CT molecular complexity index is 196. The molecule has 0 amide bonds. The van der Waals surface area contributed by atoms with Gasteiger partial charge in [-0.05, 0) is 26.2 Å². The second kappa shape index (κ2) is 10.7. The highest BCUT2D eigenvalue weighted by Gasteiger charge is 1.90. The SMILES string of the molecule is CC(=O)CCC(=O)[O-].CCCCC(=O)[O-]. The fourth-order valence-corrected chi connectivity index (χ4v) is 0.599. The Morgan fingerprint density at radius 3 is 1.53 bits per heavy atom. The second-order valence-electron chi connectivity index (χ2n) is 3.05. The summed E-state index contributed by atoms with van der Waals surface area (Å²) < 4.78 is 0. The number of carboxylic acid groups (broad SMARTS) is 2. The van der Waals surface area contributed by atoms with Crippen molar-refractivity contribution in [3.05, 3.63) is 0 Å². The van der Waals surface area contributed by atoms with Gasteiger partial charge in [-0.1, -0.05) is 13.3 Å². The molecule has 0 saturated heterocycles. The van der Waals surface area contributed by atoms with Crippen molar-refractivity contribution in [2.45, 2.75) is 46.0 Å². The van der Waals surface area contributed by atoms with Crippen LogP contribution in [-0.4, -0.2) is 17.7 Å². The van der Waals surface area contributed by atoms with Gasteiger partial charge >= 0.3 is 0 Å². The zero-order valence-electron chi connectivity index (χ0n) is 9.08. The molecule has 0 aliphatic heterocycles. The molecule has 0 aliphatic rings. The summed E-state index contributed by atoms with van der Waals surface area (Å²) in [6, 6.07) is 0. The summed E-state index contributed by atoms with van der Waals surface area (Å²) in [6.07, 6.45) is 1.80. The van der Waals surface area contributed by atoms with Gasteiger partial charge in [-0.25, -0.2) is 0 Å². The summed E-state index contributed by atoms with van der Waals surface area (Å²) in [4.78, 5) is 29.3. The molecule has 0 radical (unpaired) electrons. The van der Waals surface area contributed by atoms with Crippen LogP contribution in [-0.2, 0) is 14.4 Å². The molecule has 0 aliphatic carbocycles. The van der Waals surface area contributed by atoms with Crippen LogP contribution in [0, 0.1) is 0 Å². The third-order valence-electron chi connectivity index (χ3n) is 1.42. The van der Waals surface area contributed by atoms with Crippen LogP contribution in [0.15, 0.2) is 0 Å². The van der Waals surface area contributed by atoms with Gasteiger partial charge in [-0.15, -0.1) is 0 Å². The van der Waals surface area contributed by atoms with E-state index in [1.54, 1.807) is 0 Å². The molecule has 0 saturated carbocycles. The maximum absolute atomic E-state index is 10.1. The smallest absolute Gasteiger partial charge is 0.130 e. The van der Waals surface area contributed by atoms with Gasteiger partial charge in [0, 0.05) is 18.4 Å². The lowest BCUT2D eigenvalue weighted by atomic mass is 10.2. The van der Waals surface area contributed by atoms with Gasteiger partial charge in [0.2, 0.25) is 0 Å². The lowest BCUT2D eigenvalue weighted by Crippen LogP contribution is -2.22. The van der Waals surface area contributed by atoms with E-state index < -0.39 is 11.9 Å². The number of rotatable bonds is 6. The van der Waals surface area contributed by atoms with Crippen LogP contribution < -0.4 is 10.2 Å². The van der Waals surface area contributed by atoms with E-state index in [4.69, 9.17) is 0 Å². The second-order valence-corrected chi connectivity index (χ2v) is 3.05. The quantitative estimate of drug-likeness (QED) is 0.569. The number of hydrogen-bond donors (Lipinski definition) is 0. The first-order valence-corrected chi connectivity index (χ1v) is 4.79. The minimum atomic E-state index is -1.17. The molecule has 0 N–H and O–H groups in total. The number of aliphatic carboxylic acids is 2. The summed E-state index contributed by atoms with van der Waals surface area (Å²) in [6.45, 7) is 3.30. The molecule has 0 atom stereocenters. The Balaban J connectivity index is 0. The molecule has 0 heterocycles. The molecular weight excluding hydrogens is 200 g/mol. The maximum atomic E-state index is 10.1. The molecule has 15 heavy (non-hydrogen) atoms. The Kier molecular flexibility index (Phi) is 11.4. The summed E-state index contributed by atoms with van der Waals surface area (Å²) in [5.41, 5.74) is 0. The zero-order valence-corrected chi connectivity index (χ0v) is 9.08. The number of carboxylic acids is 2. The predicted octanol–water partition coefficient (Wildman–Crippen LogP) is -0.968. The Hall–Kier alpha value is -1.39. The average Bonchev–Trinajstić information content (AvgIpc) is 2.12. The minimum Gasteiger partial charge on any atom is -0.550 e. The Morgan fingerprint density at radius 2 is 1.40 bits per heavy atom. The van der Waals surface area contributed by atoms with Gasteiger partial charge in [0.15, 0.2) is 0 Å². The maximum Gasteiger partial charge on any atom is 0.130 e. The molecule has 0 unspecified atom stereocenters. The number of hydrogen-bond acceptors (Lipinski definition) is 5. The first-order chi connectivity index (χ1) is 6.90. The topological polar surface area (TPSA) is 97.3 Å². The Labute approximate surface area is 89.1 Å². The van der Waals surface area contributed by atoms with Gasteiger partial charge in [0.25, 0.3) is 0 Å². The summed E-state index contributed by atoms with van der Waals surface area (Å²) >= 11 is 0. The van der Waals surface area contributed by atoms with Gasteiger partial charge < -0.3 is 24.6 Å². The standard InChI is InChI=1S/C5H8O3.C5H10O2/c1-4(6)2-3-5(7)8;1-2-3-4-5(6)7/h2-3H2,1H3,(H,7,8);2-4H2,1H3,(H,6,7)/p-2. The molecule has 0 aromatic heterocycles. The molecular formula is C10H16O5-2. The van der Waals surface area contributed by atoms with E-state index in [0.29, 0.717) is 0 Å². The van der Waals surface area contributed by atoms with E-state index >= 15 is 0 Å². The summed E-state index contributed by atoms with van der Waals surface area (Å²) in [5.74, 6) is -2.23. The molecule has 0 spiro atoms. The van der Waals surface area contributed by atoms with Crippen molar-refractivity contribution < 1.29 is 24.6 Å². The fourth-order valence-electron chi connectivity index (χ4n) is 0.599. The lowest BCUT2D eigenvalue weighted by Gasteiger charge is -1.95. The van der Waals surface area contributed by atoms with E-state index in [2.05, 4.69) is 0 Å². The van der Waals surface area contributed by atoms with Crippen LogP contribution in [0.3, 0.4) is 0 Å². The molecule has 0 rings (SSSR count). The van der Waals surface area contributed by atoms with E-state index in [0.717, 1.165) is 12.8 Å². The summed E-state index contributed by atoms with van der Waals surface area (Å²) in [7, 11) is 0. The highest BCUT2D eigenvalue weighted by Crippen LogP contribution is 1.89. The van der Waals surface area contributed by atoms with E-state index in [-0.39, 0.29) is 25.0 Å². The molecule has 5 heteroatoms. The van der Waals surface area contributed by atoms with E-state index in [1.165, 1.54) is 6.92 Å². The minimum absolute atomic E-state index is 0.0856. The van der Waals surface area contributed by atoms with Crippen LogP contribution in [0.4, 0.5) is 0 Å². The predicted molar refractivity (Wildman–Crippen MR) is 49.5 cm³/mol. The van der Waals surface area contributed by atoms with Crippen LogP contribution in [0.2, 0.25) is 0 Å². The first-order valence-electron chi connectivity index (χ1n) is 4.79. The molecule has 0 fully saturated rings. The van der Waals surface area contributed by atoms with Gasteiger partial charge in [0.05, 0.1) is 0 Å². The van der Waals surface area contributed by atoms with Crippen molar-refractivity contribution >= 4 is 17.7 Å². The average molecular weight is 216 g/mol. The first kappa shape index (κ1) is 16.1. The zero-order chi connectivity index (χ0) is 12.3. The third-order valence-corrected chi connectivity index (χ3v) is 1.42. The van der Waals surface area contributed by atoms with Crippen molar-refractivity contribution in [2.75, 3.05) is 0 Å². The normalized spacial score (nSPS) is 8.67. The van der Waals surface area contributed by atoms with Gasteiger partial charge in [0.1, 0.15) is 5.78 Å². The van der Waals surface area contributed by atoms with Crippen LogP contribution in [0.5, 0.6) is 0 Å². The summed E-state index contributed by atoms with van der Waals surface area (Å²) in [5, 5.41) is 19.3. The van der Waals surface area contributed by atoms with Crippen LogP contribution >= 0.6 is 0 Å². The number of carbonyl (C=O) groups is 3. The van der Waals surface area contributed by atoms with Crippen molar-refractivity contribution in [1.29, 1.82) is 0 Å². The van der Waals surface area contributed by atoms with Crippen molar-refractivity contribution in [3.63, 3.8) is 0 Å². The van der Waals surface area contributed by atoms with Crippen molar-refractivity contribution in [3.8, 4) is 0 Å². The number of ketones is 1. The van der Waals surface area contributed by atoms with Crippen molar-refractivity contribution in [2.24, 2.45) is 0 Å². The molecule has 0 bridgehead atoms. The molecule has 88 valence electrons. The van der Waals surface area contributed by atoms with Gasteiger partial charge in [-0.3, -0.25) is 0 Å². The van der Waals surface area contributed by atoms with Crippen molar-refractivity contribution in [1.82, 2.24) is 0 Å². The van der Waals surface area contributed by atoms with Gasteiger partial charge in [-0.2, -0.15) is 0 Å². The Morgan fingerprint density at radius 1 is 0.933 bits per heavy atom. The van der Waals surface area contributed by atoms with Crippen LogP contribution in [0.1, 0.15) is 46.0 Å². The molecule has 0 aromatic carbocycles. The third kappa shape index (κ3) is 24.5. The van der Waals surface area contributed by atoms with E-state index in [9.17, 15) is 24.6 Å². The largest absolute Gasteiger partial charge is 0.550 e. The molecule has 5 nitrogen and oxygen atoms in total.